The van der Waals surface area contributed by atoms with Crippen molar-refractivity contribution >= 4 is 29.0 Å². The maximum absolute atomic E-state index is 11.7. The van der Waals surface area contributed by atoms with E-state index < -0.39 is 0 Å². The monoisotopic (exact) mass is 320 g/mol. The van der Waals surface area contributed by atoms with Gasteiger partial charge >= 0.3 is 5.97 Å². The number of nitrogens with one attached hydrogen (secondary N) is 2. The molecule has 1 fully saturated rings. The number of hydrogen-bond acceptors (Lipinski definition) is 3. The summed E-state index contributed by atoms with van der Waals surface area (Å²) < 4.78 is 4.80. The molecule has 1 aromatic rings. The second kappa shape index (κ2) is 7.09. The Morgan fingerprint density at radius 1 is 1.27 bits per heavy atom. The molecule has 1 aliphatic carbocycles. The zero-order valence-corrected chi connectivity index (χ0v) is 14.3. The van der Waals surface area contributed by atoms with Gasteiger partial charge in [-0.05, 0) is 56.6 Å². The molecule has 0 aromatic heterocycles. The number of rotatable bonds is 3. The number of esters is 1. The molecule has 0 unspecified atom stereocenters. The van der Waals surface area contributed by atoms with Crippen molar-refractivity contribution in [3.8, 4) is 0 Å². The van der Waals surface area contributed by atoms with Gasteiger partial charge in [0.25, 0.3) is 0 Å². The zero-order valence-electron chi connectivity index (χ0n) is 13.5. The molecule has 2 rings (SSSR count). The first-order valence-corrected chi connectivity index (χ1v) is 8.13. The van der Waals surface area contributed by atoms with E-state index in [9.17, 15) is 4.79 Å². The van der Waals surface area contributed by atoms with E-state index in [1.165, 1.54) is 26.4 Å². The summed E-state index contributed by atoms with van der Waals surface area (Å²) in [5, 5.41) is 7.26. The van der Waals surface area contributed by atoms with Gasteiger partial charge in [-0.1, -0.05) is 25.3 Å². The van der Waals surface area contributed by atoms with Crippen molar-refractivity contribution in [2.75, 3.05) is 12.4 Å². The standard InChI is InChI=1S/C17H24N2O2S/c1-12-13(15(20)21-3)8-7-9-14(12)18-16(22)19-17(2)10-5-4-6-11-17/h7-9H,4-6,10-11H2,1-3H3,(H2,18,19,22). The van der Waals surface area contributed by atoms with Gasteiger partial charge in [0.2, 0.25) is 0 Å². The normalized spacial score (nSPS) is 16.7. The average Bonchev–Trinajstić information content (AvgIpc) is 2.48. The molecule has 22 heavy (non-hydrogen) atoms. The second-order valence-corrected chi connectivity index (χ2v) is 6.58. The van der Waals surface area contributed by atoms with Crippen molar-refractivity contribution in [3.05, 3.63) is 29.3 Å². The van der Waals surface area contributed by atoms with Crippen LogP contribution in [0.2, 0.25) is 0 Å². The molecule has 5 heteroatoms. The summed E-state index contributed by atoms with van der Waals surface area (Å²) in [6, 6.07) is 5.50. The van der Waals surface area contributed by atoms with Gasteiger partial charge in [0.05, 0.1) is 12.7 Å². The zero-order chi connectivity index (χ0) is 16.2. The Hall–Kier alpha value is -1.62. The SMILES string of the molecule is COC(=O)c1cccc(NC(=S)NC2(C)CCCCC2)c1C. The Labute approximate surface area is 137 Å². The minimum absolute atomic E-state index is 0.0657. The number of carbonyl (C=O) groups is 1. The molecule has 2 N–H and O–H groups in total. The number of methoxy groups -OCH3 is 1. The van der Waals surface area contributed by atoms with E-state index in [1.807, 2.05) is 19.1 Å². The van der Waals surface area contributed by atoms with Crippen LogP contribution in [0.15, 0.2) is 18.2 Å². The molecule has 120 valence electrons. The van der Waals surface area contributed by atoms with Crippen LogP contribution in [0.5, 0.6) is 0 Å². The number of anilines is 1. The molecule has 0 radical (unpaired) electrons. The van der Waals surface area contributed by atoms with Crippen LogP contribution in [0.1, 0.15) is 54.9 Å². The molecule has 1 aromatic carbocycles. The van der Waals surface area contributed by atoms with Crippen molar-refractivity contribution in [3.63, 3.8) is 0 Å². The molecule has 0 amide bonds. The fraction of sp³-hybridized carbons (Fsp3) is 0.529. The topological polar surface area (TPSA) is 50.4 Å². The highest BCUT2D eigenvalue weighted by atomic mass is 32.1. The first-order valence-electron chi connectivity index (χ1n) is 7.72. The van der Waals surface area contributed by atoms with Crippen molar-refractivity contribution in [1.82, 2.24) is 5.32 Å². The van der Waals surface area contributed by atoms with Crippen LogP contribution in [-0.4, -0.2) is 23.7 Å². The van der Waals surface area contributed by atoms with E-state index in [0.717, 1.165) is 24.1 Å². The van der Waals surface area contributed by atoms with Gasteiger partial charge in [-0.2, -0.15) is 0 Å². The summed E-state index contributed by atoms with van der Waals surface area (Å²) in [5.74, 6) is -0.334. The van der Waals surface area contributed by atoms with E-state index in [4.69, 9.17) is 17.0 Å². The van der Waals surface area contributed by atoms with E-state index in [1.54, 1.807) is 6.07 Å². The molecule has 1 saturated carbocycles. The highest BCUT2D eigenvalue weighted by Gasteiger charge is 2.27. The molecule has 0 spiro atoms. The molecule has 0 saturated heterocycles. The summed E-state index contributed by atoms with van der Waals surface area (Å²) in [5.41, 5.74) is 2.29. The minimum Gasteiger partial charge on any atom is -0.465 e. The second-order valence-electron chi connectivity index (χ2n) is 6.17. The highest BCUT2D eigenvalue weighted by molar-refractivity contribution is 7.80. The summed E-state index contributed by atoms with van der Waals surface area (Å²) in [4.78, 5) is 11.7. The molecule has 1 aliphatic rings. The maximum atomic E-state index is 11.7. The molecule has 0 aliphatic heterocycles. The first-order chi connectivity index (χ1) is 10.4. The summed E-state index contributed by atoms with van der Waals surface area (Å²) in [6.07, 6.45) is 6.05. The highest BCUT2D eigenvalue weighted by Crippen LogP contribution is 2.28. The lowest BCUT2D eigenvalue weighted by Gasteiger charge is -2.35. The van der Waals surface area contributed by atoms with Crippen molar-refractivity contribution in [1.29, 1.82) is 0 Å². The van der Waals surface area contributed by atoms with E-state index in [2.05, 4.69) is 17.6 Å². The van der Waals surface area contributed by atoms with Crippen LogP contribution in [0.4, 0.5) is 5.69 Å². The molecule has 4 nitrogen and oxygen atoms in total. The number of carbonyl (C=O) groups excluding carboxylic acids is 1. The average molecular weight is 320 g/mol. The van der Waals surface area contributed by atoms with Crippen LogP contribution < -0.4 is 10.6 Å². The van der Waals surface area contributed by atoms with Gasteiger partial charge < -0.3 is 15.4 Å². The lowest BCUT2D eigenvalue weighted by molar-refractivity contribution is 0.0600. The lowest BCUT2D eigenvalue weighted by atomic mass is 9.83. The lowest BCUT2D eigenvalue weighted by Crippen LogP contribution is -2.48. The minimum atomic E-state index is -0.334. The fourth-order valence-corrected chi connectivity index (χ4v) is 3.34. The van der Waals surface area contributed by atoms with Gasteiger partial charge in [0.15, 0.2) is 5.11 Å². The molecule has 0 heterocycles. The van der Waals surface area contributed by atoms with Crippen LogP contribution in [0.25, 0.3) is 0 Å². The van der Waals surface area contributed by atoms with Crippen LogP contribution in [-0.2, 0) is 4.74 Å². The van der Waals surface area contributed by atoms with Crippen LogP contribution in [0, 0.1) is 6.92 Å². The summed E-state index contributed by atoms with van der Waals surface area (Å²) in [6.45, 7) is 4.11. The number of ether oxygens (including phenoxy) is 1. The van der Waals surface area contributed by atoms with E-state index in [0.29, 0.717) is 10.7 Å². The Bertz CT molecular complexity index is 566. The van der Waals surface area contributed by atoms with E-state index >= 15 is 0 Å². The predicted octanol–water partition coefficient (Wildman–Crippen LogP) is 3.79. The number of benzene rings is 1. The van der Waals surface area contributed by atoms with Crippen LogP contribution in [0.3, 0.4) is 0 Å². The Kier molecular flexibility index (Phi) is 5.40. The molecule has 0 atom stereocenters. The van der Waals surface area contributed by atoms with Crippen molar-refractivity contribution in [2.24, 2.45) is 0 Å². The maximum Gasteiger partial charge on any atom is 0.338 e. The van der Waals surface area contributed by atoms with Gasteiger partial charge in [-0.25, -0.2) is 4.79 Å². The molecule has 0 bridgehead atoms. The Morgan fingerprint density at radius 2 is 1.95 bits per heavy atom. The quantitative estimate of drug-likeness (QED) is 0.655. The number of hydrogen-bond donors (Lipinski definition) is 2. The van der Waals surface area contributed by atoms with Crippen molar-refractivity contribution < 1.29 is 9.53 Å². The molecular formula is C17H24N2O2S. The number of thiocarbonyl (C=S) groups is 1. The van der Waals surface area contributed by atoms with Crippen LogP contribution >= 0.6 is 12.2 Å². The third-order valence-electron chi connectivity index (χ3n) is 4.36. The third kappa shape index (κ3) is 3.97. The summed E-state index contributed by atoms with van der Waals surface area (Å²) in [7, 11) is 1.39. The van der Waals surface area contributed by atoms with Gasteiger partial charge in [0.1, 0.15) is 0 Å². The Morgan fingerprint density at radius 3 is 2.59 bits per heavy atom. The fourth-order valence-electron chi connectivity index (χ4n) is 2.99. The van der Waals surface area contributed by atoms with Crippen molar-refractivity contribution in [2.45, 2.75) is 51.5 Å². The van der Waals surface area contributed by atoms with Gasteiger partial charge in [-0.3, -0.25) is 0 Å². The Balaban J connectivity index is 2.07. The smallest absolute Gasteiger partial charge is 0.338 e. The van der Waals surface area contributed by atoms with Gasteiger partial charge in [0, 0.05) is 11.2 Å². The third-order valence-corrected chi connectivity index (χ3v) is 4.56. The largest absolute Gasteiger partial charge is 0.465 e. The molecular weight excluding hydrogens is 296 g/mol. The van der Waals surface area contributed by atoms with E-state index in [-0.39, 0.29) is 11.5 Å². The summed E-state index contributed by atoms with van der Waals surface area (Å²) >= 11 is 5.45. The predicted molar refractivity (Wildman–Crippen MR) is 93.4 cm³/mol. The first kappa shape index (κ1) is 16.7. The van der Waals surface area contributed by atoms with Gasteiger partial charge in [-0.15, -0.1) is 0 Å².